The maximum atomic E-state index is 11.2. The van der Waals surface area contributed by atoms with Crippen molar-refractivity contribution >= 4 is 17.5 Å². The number of alkyl halides is 1. The smallest absolute Gasteiger partial charge is 0.222 e. The summed E-state index contributed by atoms with van der Waals surface area (Å²) in [5.74, 6) is 0.790. The van der Waals surface area contributed by atoms with Crippen molar-refractivity contribution in [2.24, 2.45) is 5.92 Å². The van der Waals surface area contributed by atoms with Gasteiger partial charge in [0.25, 0.3) is 0 Å². The van der Waals surface area contributed by atoms with Gasteiger partial charge in [-0.05, 0) is 12.8 Å². The molecule has 1 unspecified atom stereocenters. The lowest BCUT2D eigenvalue weighted by Gasteiger charge is -2.16. The van der Waals surface area contributed by atoms with Crippen molar-refractivity contribution in [1.29, 1.82) is 0 Å². The van der Waals surface area contributed by atoms with Crippen molar-refractivity contribution in [3.05, 3.63) is 0 Å². The highest BCUT2D eigenvalue weighted by atomic mass is 35.5. The second-order valence-corrected chi connectivity index (χ2v) is 3.62. The zero-order valence-electron chi connectivity index (χ0n) is 8.06. The molecule has 0 aliphatic heterocycles. The van der Waals surface area contributed by atoms with Gasteiger partial charge in [0.1, 0.15) is 0 Å². The zero-order valence-corrected chi connectivity index (χ0v) is 8.82. The molecule has 0 aromatic carbocycles. The first-order valence-electron chi connectivity index (χ1n) is 4.48. The summed E-state index contributed by atoms with van der Waals surface area (Å²) in [5.41, 5.74) is 0. The maximum Gasteiger partial charge on any atom is 0.222 e. The molecular formula is C9H18ClNO. The van der Waals surface area contributed by atoms with E-state index in [0.717, 1.165) is 12.8 Å². The Bertz CT molecular complexity index is 136. The van der Waals surface area contributed by atoms with Crippen LogP contribution in [0.2, 0.25) is 0 Å². The van der Waals surface area contributed by atoms with Crippen LogP contribution < -0.4 is 5.32 Å². The number of halogens is 1. The van der Waals surface area contributed by atoms with E-state index in [0.29, 0.717) is 5.88 Å². The van der Waals surface area contributed by atoms with E-state index >= 15 is 0 Å². The van der Waals surface area contributed by atoms with Crippen LogP contribution in [-0.2, 0) is 4.79 Å². The number of carbonyl (C=O) groups excluding carboxylic acids is 1. The SMILES string of the molecule is CCC(CCCl)NC(=O)C(C)C. The molecule has 1 amide bonds. The second-order valence-electron chi connectivity index (χ2n) is 3.25. The predicted octanol–water partition coefficient (Wildman–Crippen LogP) is 2.17. The Hall–Kier alpha value is -0.240. The van der Waals surface area contributed by atoms with Crippen LogP contribution in [0.3, 0.4) is 0 Å². The standard InChI is InChI=1S/C9H18ClNO/c1-4-8(5-6-10)11-9(12)7(2)3/h7-8H,4-6H2,1-3H3,(H,11,12). The second kappa shape index (κ2) is 6.30. The fourth-order valence-electron chi connectivity index (χ4n) is 0.878. The molecule has 2 nitrogen and oxygen atoms in total. The fourth-order valence-corrected chi connectivity index (χ4v) is 1.14. The molecule has 1 N–H and O–H groups in total. The molecule has 12 heavy (non-hydrogen) atoms. The monoisotopic (exact) mass is 191 g/mol. The number of nitrogens with one attached hydrogen (secondary N) is 1. The quantitative estimate of drug-likeness (QED) is 0.664. The van der Waals surface area contributed by atoms with Gasteiger partial charge in [-0.15, -0.1) is 11.6 Å². The molecule has 0 bridgehead atoms. The lowest BCUT2D eigenvalue weighted by Crippen LogP contribution is -2.37. The average molecular weight is 192 g/mol. The van der Waals surface area contributed by atoms with Gasteiger partial charge in [-0.3, -0.25) is 4.79 Å². The minimum atomic E-state index is 0.0642. The summed E-state index contributed by atoms with van der Waals surface area (Å²) in [6, 6.07) is 0.248. The van der Waals surface area contributed by atoms with Gasteiger partial charge in [0.15, 0.2) is 0 Å². The third-order valence-corrected chi connectivity index (χ3v) is 2.04. The highest BCUT2D eigenvalue weighted by Gasteiger charge is 2.11. The van der Waals surface area contributed by atoms with Crippen LogP contribution in [0, 0.1) is 5.92 Å². The first kappa shape index (κ1) is 11.8. The molecule has 1 atom stereocenters. The van der Waals surface area contributed by atoms with Crippen molar-refractivity contribution in [3.8, 4) is 0 Å². The predicted molar refractivity (Wildman–Crippen MR) is 52.4 cm³/mol. The third-order valence-electron chi connectivity index (χ3n) is 1.82. The number of amides is 1. The first-order valence-corrected chi connectivity index (χ1v) is 5.01. The van der Waals surface area contributed by atoms with Crippen molar-refractivity contribution in [2.75, 3.05) is 5.88 Å². The molecule has 0 heterocycles. The van der Waals surface area contributed by atoms with Gasteiger partial charge in [-0.25, -0.2) is 0 Å². The van der Waals surface area contributed by atoms with Crippen LogP contribution in [0.4, 0.5) is 0 Å². The summed E-state index contributed by atoms with van der Waals surface area (Å²) in [6.45, 7) is 5.84. The first-order chi connectivity index (χ1) is 5.61. The Kier molecular flexibility index (Phi) is 6.17. The van der Waals surface area contributed by atoms with Gasteiger partial charge in [-0.2, -0.15) is 0 Å². The van der Waals surface area contributed by atoms with E-state index < -0.39 is 0 Å². The molecule has 0 saturated carbocycles. The molecule has 0 fully saturated rings. The van der Waals surface area contributed by atoms with Crippen molar-refractivity contribution < 1.29 is 4.79 Å². The molecule has 3 heteroatoms. The normalized spacial score (nSPS) is 13.1. The minimum Gasteiger partial charge on any atom is -0.353 e. The minimum absolute atomic E-state index is 0.0642. The van der Waals surface area contributed by atoms with E-state index in [1.807, 2.05) is 13.8 Å². The topological polar surface area (TPSA) is 29.1 Å². The largest absolute Gasteiger partial charge is 0.353 e. The van der Waals surface area contributed by atoms with Gasteiger partial charge in [0.05, 0.1) is 0 Å². The summed E-state index contributed by atoms with van der Waals surface area (Å²) < 4.78 is 0. The van der Waals surface area contributed by atoms with Gasteiger partial charge in [0, 0.05) is 17.8 Å². The Morgan fingerprint density at radius 3 is 2.42 bits per heavy atom. The van der Waals surface area contributed by atoms with E-state index in [1.165, 1.54) is 0 Å². The zero-order chi connectivity index (χ0) is 9.56. The molecule has 0 spiro atoms. The van der Waals surface area contributed by atoms with Crippen LogP contribution in [0.25, 0.3) is 0 Å². The summed E-state index contributed by atoms with van der Waals surface area (Å²) in [7, 11) is 0. The molecule has 72 valence electrons. The number of carbonyl (C=O) groups is 1. The summed E-state index contributed by atoms with van der Waals surface area (Å²) in [5, 5.41) is 2.94. The molecule has 0 aromatic rings. The lowest BCUT2D eigenvalue weighted by atomic mass is 10.1. The Balaban J connectivity index is 3.77. The van der Waals surface area contributed by atoms with Crippen LogP contribution in [-0.4, -0.2) is 17.8 Å². The van der Waals surface area contributed by atoms with Crippen molar-refractivity contribution in [2.45, 2.75) is 39.7 Å². The number of hydrogen-bond donors (Lipinski definition) is 1. The van der Waals surface area contributed by atoms with Crippen molar-refractivity contribution in [3.63, 3.8) is 0 Å². The summed E-state index contributed by atoms with van der Waals surface area (Å²) in [4.78, 5) is 11.2. The summed E-state index contributed by atoms with van der Waals surface area (Å²) >= 11 is 5.59. The van der Waals surface area contributed by atoms with E-state index in [1.54, 1.807) is 0 Å². The molecule has 0 aliphatic carbocycles. The van der Waals surface area contributed by atoms with Crippen LogP contribution in [0.1, 0.15) is 33.6 Å². The third kappa shape index (κ3) is 4.60. The van der Waals surface area contributed by atoms with E-state index in [9.17, 15) is 4.79 Å². The fraction of sp³-hybridized carbons (Fsp3) is 0.889. The van der Waals surface area contributed by atoms with Crippen LogP contribution >= 0.6 is 11.6 Å². The number of hydrogen-bond acceptors (Lipinski definition) is 1. The Morgan fingerprint density at radius 2 is 2.08 bits per heavy atom. The molecule has 0 aromatic heterocycles. The molecule has 0 radical (unpaired) electrons. The number of rotatable bonds is 5. The van der Waals surface area contributed by atoms with E-state index in [4.69, 9.17) is 11.6 Å². The maximum absolute atomic E-state index is 11.2. The van der Waals surface area contributed by atoms with Crippen LogP contribution in [0.15, 0.2) is 0 Å². The molecule has 0 rings (SSSR count). The van der Waals surface area contributed by atoms with Gasteiger partial charge in [0.2, 0.25) is 5.91 Å². The molecular weight excluding hydrogens is 174 g/mol. The van der Waals surface area contributed by atoms with Crippen molar-refractivity contribution in [1.82, 2.24) is 5.32 Å². The van der Waals surface area contributed by atoms with Gasteiger partial charge < -0.3 is 5.32 Å². The Labute approximate surface area is 79.7 Å². The summed E-state index contributed by atoms with van der Waals surface area (Å²) in [6.07, 6.45) is 1.81. The highest BCUT2D eigenvalue weighted by Crippen LogP contribution is 2.01. The van der Waals surface area contributed by atoms with E-state index in [-0.39, 0.29) is 17.9 Å². The highest BCUT2D eigenvalue weighted by molar-refractivity contribution is 6.17. The lowest BCUT2D eigenvalue weighted by molar-refractivity contribution is -0.124. The van der Waals surface area contributed by atoms with Crippen LogP contribution in [0.5, 0.6) is 0 Å². The van der Waals surface area contributed by atoms with Gasteiger partial charge >= 0.3 is 0 Å². The average Bonchev–Trinajstić information content (AvgIpc) is 2.03. The van der Waals surface area contributed by atoms with E-state index in [2.05, 4.69) is 12.2 Å². The van der Waals surface area contributed by atoms with Gasteiger partial charge in [-0.1, -0.05) is 20.8 Å². The Morgan fingerprint density at radius 1 is 1.50 bits per heavy atom. The molecule has 0 aliphatic rings. The molecule has 0 saturated heterocycles.